The van der Waals surface area contributed by atoms with Crippen LogP contribution in [0.5, 0.6) is 0 Å². The predicted octanol–water partition coefficient (Wildman–Crippen LogP) is 1.33. The van der Waals surface area contributed by atoms with E-state index in [4.69, 9.17) is 18.9 Å². The van der Waals surface area contributed by atoms with Crippen LogP contribution in [0.1, 0.15) is 107 Å². The molecule has 0 aromatic heterocycles. The Kier molecular flexibility index (Phi) is 12.2. The third-order valence-electron chi connectivity index (χ3n) is 16.7. The van der Waals surface area contributed by atoms with E-state index in [1.807, 2.05) is 20.8 Å². The van der Waals surface area contributed by atoms with Crippen molar-refractivity contribution in [3.8, 4) is 0 Å². The lowest BCUT2D eigenvalue weighted by Crippen LogP contribution is -2.68. The van der Waals surface area contributed by atoms with Crippen molar-refractivity contribution in [3.05, 3.63) is 12.2 Å². The van der Waals surface area contributed by atoms with E-state index >= 15 is 0 Å². The Bertz CT molecular complexity index is 1460. The third kappa shape index (κ3) is 6.97. The Morgan fingerprint density at radius 3 is 2.04 bits per heavy atom. The molecule has 0 amide bonds. The first-order chi connectivity index (χ1) is 25.9. The van der Waals surface area contributed by atoms with E-state index in [1.54, 1.807) is 6.92 Å². The molecule has 2 saturated heterocycles. The molecule has 6 fully saturated rings. The summed E-state index contributed by atoms with van der Waals surface area (Å²) in [7, 11) is 0. The standard InChI is InChI=1S/C42H70O14/c1-19(2)22(43)11-15-42(9,56-37-34(51)32(49)30(47)25(55-37)18-53-36-33(50)31(48)29(46)20(3)54-36)21-10-13-41(8)28(21)23(44)16-27-39(6)17-24(45)35(52)38(4,5)26(39)12-14-40(27,41)7/h20-21,23-37,44-52H,1,10-18H2,2-9H3/t20-,21-,23+,24+,25+,26-,27+,28-,29-,30+,31+,32-,33+,34+,35-,36+,37-,39-,40+,41+,42-/m0/s1. The summed E-state index contributed by atoms with van der Waals surface area (Å²) >= 11 is 0. The minimum atomic E-state index is -1.73. The smallest absolute Gasteiger partial charge is 0.187 e. The van der Waals surface area contributed by atoms with Crippen LogP contribution < -0.4 is 0 Å². The first kappa shape index (κ1) is 44.4. The number of aliphatic hydroxyl groups is 9. The summed E-state index contributed by atoms with van der Waals surface area (Å²) in [4.78, 5) is 13.1. The molecule has 6 rings (SSSR count). The van der Waals surface area contributed by atoms with Gasteiger partial charge < -0.3 is 64.9 Å². The van der Waals surface area contributed by atoms with Crippen molar-refractivity contribution >= 4 is 5.78 Å². The van der Waals surface area contributed by atoms with Gasteiger partial charge in [-0.05, 0) is 117 Å². The molecule has 322 valence electrons. The summed E-state index contributed by atoms with van der Waals surface area (Å²) in [5.74, 6) is -0.571. The predicted molar refractivity (Wildman–Crippen MR) is 201 cm³/mol. The summed E-state index contributed by atoms with van der Waals surface area (Å²) in [5.41, 5.74) is -2.30. The number of ether oxygens (including phenoxy) is 4. The van der Waals surface area contributed by atoms with Gasteiger partial charge in [0.05, 0.1) is 36.6 Å². The van der Waals surface area contributed by atoms with Gasteiger partial charge in [0.25, 0.3) is 0 Å². The molecular formula is C42H70O14. The van der Waals surface area contributed by atoms with Gasteiger partial charge >= 0.3 is 0 Å². The zero-order chi connectivity index (χ0) is 41.7. The number of carbonyl (C=O) groups excluding carboxylic acids is 1. The Balaban J connectivity index is 1.28. The Morgan fingerprint density at radius 1 is 0.786 bits per heavy atom. The lowest BCUT2D eigenvalue weighted by atomic mass is 9.35. The van der Waals surface area contributed by atoms with Crippen LogP contribution in [0.4, 0.5) is 0 Å². The fourth-order valence-electron chi connectivity index (χ4n) is 13.2. The van der Waals surface area contributed by atoms with Crippen molar-refractivity contribution in [2.75, 3.05) is 6.61 Å². The van der Waals surface area contributed by atoms with Gasteiger partial charge in [-0.15, -0.1) is 0 Å². The van der Waals surface area contributed by atoms with Gasteiger partial charge in [-0.25, -0.2) is 0 Å². The lowest BCUT2D eigenvalue weighted by Gasteiger charge is -2.71. The normalized spacial score (nSPS) is 52.6. The maximum Gasteiger partial charge on any atom is 0.187 e. The summed E-state index contributed by atoms with van der Waals surface area (Å²) < 4.78 is 24.1. The zero-order valence-corrected chi connectivity index (χ0v) is 34.5. The first-order valence-electron chi connectivity index (χ1n) is 20.8. The van der Waals surface area contributed by atoms with Crippen LogP contribution in [0, 0.1) is 45.3 Å². The maximum atomic E-state index is 13.1. The zero-order valence-electron chi connectivity index (χ0n) is 34.5. The van der Waals surface area contributed by atoms with E-state index in [9.17, 15) is 50.8 Å². The molecule has 2 heterocycles. The topological polar surface area (TPSA) is 236 Å². The van der Waals surface area contributed by atoms with Crippen molar-refractivity contribution in [1.82, 2.24) is 0 Å². The van der Waals surface area contributed by atoms with Crippen LogP contribution in [0.15, 0.2) is 12.2 Å². The first-order valence-corrected chi connectivity index (χ1v) is 20.8. The molecule has 0 unspecified atom stereocenters. The summed E-state index contributed by atoms with van der Waals surface area (Å²) in [6, 6.07) is 0. The van der Waals surface area contributed by atoms with Gasteiger partial charge in [0.1, 0.15) is 42.7 Å². The van der Waals surface area contributed by atoms with E-state index in [-0.39, 0.29) is 53.1 Å². The van der Waals surface area contributed by atoms with Crippen molar-refractivity contribution in [2.45, 2.75) is 192 Å². The average molecular weight is 799 g/mol. The van der Waals surface area contributed by atoms with Gasteiger partial charge in [-0.3, -0.25) is 4.79 Å². The fraction of sp³-hybridized carbons (Fsp3) is 0.929. The second-order valence-corrected chi connectivity index (χ2v) is 20.2. The minimum Gasteiger partial charge on any atom is -0.393 e. The number of carbonyl (C=O) groups is 1. The molecule has 0 aromatic rings. The van der Waals surface area contributed by atoms with Crippen LogP contribution in [0.25, 0.3) is 0 Å². The largest absolute Gasteiger partial charge is 0.393 e. The average Bonchev–Trinajstić information content (AvgIpc) is 3.52. The molecule has 0 bridgehead atoms. The molecule has 0 spiro atoms. The van der Waals surface area contributed by atoms with Crippen molar-refractivity contribution in [1.29, 1.82) is 0 Å². The molecule has 4 aliphatic carbocycles. The number of ketones is 1. The second-order valence-electron chi connectivity index (χ2n) is 20.2. The highest BCUT2D eigenvalue weighted by Crippen LogP contribution is 2.76. The number of rotatable bonds is 10. The van der Waals surface area contributed by atoms with Gasteiger partial charge in [0.2, 0.25) is 0 Å². The molecule has 2 aliphatic heterocycles. The molecule has 6 aliphatic rings. The summed E-state index contributed by atoms with van der Waals surface area (Å²) in [6.07, 6.45) is -12.8. The Hall–Kier alpha value is -1.11. The SMILES string of the molecule is C=C(C)C(=O)CC[C@](C)(O[C@@H]1O[C@H](CO[C@@H]2O[C@@H](C)[C@H](O)[C@@H](O)[C@H]2O)[C@@H](O)[C@H](O)[C@H]1O)[C@H]1CC[C@]2(C)[C@@H]1[C@H](O)C[C@@H]1[C@@]3(C)C[C@@H](O)[C@H](O)C(C)(C)[C@@H]3CC[C@]12C. The minimum absolute atomic E-state index is 0.0576. The maximum absolute atomic E-state index is 13.1. The molecule has 21 atom stereocenters. The number of Topliss-reactive ketones (excluding diaryl/α,β-unsaturated/α-hetero) is 1. The number of aliphatic hydroxyl groups excluding tert-OH is 9. The van der Waals surface area contributed by atoms with Crippen LogP contribution in [-0.4, -0.2) is 144 Å². The van der Waals surface area contributed by atoms with Gasteiger partial charge in [0, 0.05) is 6.42 Å². The van der Waals surface area contributed by atoms with E-state index < -0.39 is 103 Å². The van der Waals surface area contributed by atoms with Crippen molar-refractivity contribution in [3.63, 3.8) is 0 Å². The molecule has 9 N–H and O–H groups in total. The molecule has 0 aromatic carbocycles. The Labute approximate surface area is 331 Å². The quantitative estimate of drug-likeness (QED) is 0.142. The highest BCUT2D eigenvalue weighted by atomic mass is 16.7. The van der Waals surface area contributed by atoms with Gasteiger partial charge in [-0.1, -0.05) is 41.2 Å². The van der Waals surface area contributed by atoms with E-state index in [0.29, 0.717) is 24.8 Å². The van der Waals surface area contributed by atoms with Crippen molar-refractivity contribution < 1.29 is 69.7 Å². The monoisotopic (exact) mass is 798 g/mol. The number of allylic oxidation sites excluding steroid dienone is 1. The van der Waals surface area contributed by atoms with Crippen LogP contribution in [0.2, 0.25) is 0 Å². The highest BCUT2D eigenvalue weighted by Gasteiger charge is 2.72. The summed E-state index contributed by atoms with van der Waals surface area (Å²) in [5, 5.41) is 98.9. The van der Waals surface area contributed by atoms with Gasteiger partial charge in [-0.2, -0.15) is 0 Å². The van der Waals surface area contributed by atoms with Crippen molar-refractivity contribution in [2.24, 2.45) is 45.3 Å². The van der Waals surface area contributed by atoms with Crippen LogP contribution in [0.3, 0.4) is 0 Å². The Morgan fingerprint density at radius 2 is 1.39 bits per heavy atom. The highest BCUT2D eigenvalue weighted by molar-refractivity contribution is 5.94. The molecular weight excluding hydrogens is 728 g/mol. The van der Waals surface area contributed by atoms with E-state index in [2.05, 4.69) is 27.4 Å². The molecule has 14 nitrogen and oxygen atoms in total. The fourth-order valence-corrected chi connectivity index (χ4v) is 13.2. The van der Waals surface area contributed by atoms with E-state index in [1.165, 1.54) is 6.92 Å². The number of hydrogen-bond donors (Lipinski definition) is 9. The number of fused-ring (bicyclic) bond motifs is 5. The number of hydrogen-bond acceptors (Lipinski definition) is 14. The molecule has 56 heavy (non-hydrogen) atoms. The van der Waals surface area contributed by atoms with Crippen LogP contribution in [-0.2, 0) is 23.7 Å². The molecule has 0 radical (unpaired) electrons. The lowest BCUT2D eigenvalue weighted by molar-refractivity contribution is -0.348. The second kappa shape index (κ2) is 15.4. The van der Waals surface area contributed by atoms with Gasteiger partial charge in [0.15, 0.2) is 18.4 Å². The van der Waals surface area contributed by atoms with Crippen LogP contribution >= 0.6 is 0 Å². The molecule has 14 heteroatoms. The van der Waals surface area contributed by atoms with E-state index in [0.717, 1.165) is 19.3 Å². The summed E-state index contributed by atoms with van der Waals surface area (Å²) in [6.45, 7) is 19.3. The molecule has 4 saturated carbocycles. The third-order valence-corrected chi connectivity index (χ3v) is 16.7.